The fourth-order valence-corrected chi connectivity index (χ4v) is 2.60. The van der Waals surface area contributed by atoms with Crippen LogP contribution in [-0.2, 0) is 12.7 Å². The standard InChI is InChI=1S/C14H13F3N2O2S/c1-2-6-19-12(20)11(22-13(19)21)8-18-10-5-3-4-9(7-10)14(15,16)17/h3-5,7-8,20H,2,6H2,1H3. The lowest BCUT2D eigenvalue weighted by molar-refractivity contribution is -0.137. The van der Waals surface area contributed by atoms with Gasteiger partial charge < -0.3 is 5.11 Å². The summed E-state index contributed by atoms with van der Waals surface area (Å²) in [5.74, 6) is -0.215. The van der Waals surface area contributed by atoms with Crippen LogP contribution in [0.4, 0.5) is 18.9 Å². The van der Waals surface area contributed by atoms with Crippen LogP contribution in [0.15, 0.2) is 34.1 Å². The molecule has 0 spiro atoms. The third kappa shape index (κ3) is 3.56. The Morgan fingerprint density at radius 2 is 2.14 bits per heavy atom. The Hall–Kier alpha value is -2.09. The van der Waals surface area contributed by atoms with Gasteiger partial charge in [0, 0.05) is 6.54 Å². The van der Waals surface area contributed by atoms with Gasteiger partial charge in [-0.2, -0.15) is 13.2 Å². The molecular weight excluding hydrogens is 317 g/mol. The van der Waals surface area contributed by atoms with Crippen molar-refractivity contribution in [1.82, 2.24) is 4.57 Å². The van der Waals surface area contributed by atoms with Gasteiger partial charge in [0.15, 0.2) is 0 Å². The number of thiazole rings is 1. The normalized spacial score (nSPS) is 12.2. The second-order valence-corrected chi connectivity index (χ2v) is 5.51. The molecule has 0 saturated heterocycles. The molecule has 1 N–H and O–H groups in total. The molecule has 1 aromatic carbocycles. The van der Waals surface area contributed by atoms with E-state index in [1.165, 1.54) is 22.9 Å². The summed E-state index contributed by atoms with van der Waals surface area (Å²) in [6.07, 6.45) is -2.57. The molecule has 0 unspecified atom stereocenters. The second-order valence-electron chi connectivity index (χ2n) is 4.51. The van der Waals surface area contributed by atoms with Gasteiger partial charge in [-0.15, -0.1) is 0 Å². The molecule has 2 rings (SSSR count). The van der Waals surface area contributed by atoms with Crippen molar-refractivity contribution in [2.75, 3.05) is 0 Å². The monoisotopic (exact) mass is 330 g/mol. The van der Waals surface area contributed by atoms with Gasteiger partial charge >= 0.3 is 11.0 Å². The zero-order chi connectivity index (χ0) is 16.3. The molecular formula is C14H13F3N2O2S. The third-order valence-electron chi connectivity index (χ3n) is 2.85. The van der Waals surface area contributed by atoms with Gasteiger partial charge in [-0.05, 0) is 24.6 Å². The zero-order valence-electron chi connectivity index (χ0n) is 11.6. The molecule has 0 aliphatic rings. The van der Waals surface area contributed by atoms with E-state index in [1.54, 1.807) is 0 Å². The molecule has 4 nitrogen and oxygen atoms in total. The van der Waals surface area contributed by atoms with Crippen molar-refractivity contribution in [2.45, 2.75) is 26.1 Å². The van der Waals surface area contributed by atoms with Crippen LogP contribution in [0.2, 0.25) is 0 Å². The molecule has 0 atom stereocenters. The Morgan fingerprint density at radius 1 is 1.41 bits per heavy atom. The Morgan fingerprint density at radius 3 is 2.77 bits per heavy atom. The minimum absolute atomic E-state index is 0.0946. The van der Waals surface area contributed by atoms with Gasteiger partial charge in [0.25, 0.3) is 0 Å². The zero-order valence-corrected chi connectivity index (χ0v) is 12.4. The van der Waals surface area contributed by atoms with Crippen LogP contribution in [0, 0.1) is 0 Å². The summed E-state index contributed by atoms with van der Waals surface area (Å²) in [6, 6.07) is 4.51. The van der Waals surface area contributed by atoms with E-state index in [9.17, 15) is 23.1 Å². The number of halogens is 3. The topological polar surface area (TPSA) is 54.6 Å². The SMILES string of the molecule is CCCn1c(O)c(C=Nc2cccc(C(F)(F)F)c2)sc1=O. The summed E-state index contributed by atoms with van der Waals surface area (Å²) in [5.41, 5.74) is -0.708. The molecule has 0 fully saturated rings. The lowest BCUT2D eigenvalue weighted by Crippen LogP contribution is -2.11. The molecule has 0 saturated carbocycles. The van der Waals surface area contributed by atoms with E-state index in [2.05, 4.69) is 4.99 Å². The van der Waals surface area contributed by atoms with Crippen LogP contribution in [0.5, 0.6) is 5.88 Å². The van der Waals surface area contributed by atoms with E-state index in [-0.39, 0.29) is 21.3 Å². The van der Waals surface area contributed by atoms with Gasteiger partial charge in [0.05, 0.1) is 17.5 Å². The van der Waals surface area contributed by atoms with E-state index in [4.69, 9.17) is 0 Å². The minimum atomic E-state index is -4.44. The number of benzene rings is 1. The van der Waals surface area contributed by atoms with Gasteiger partial charge in [0.1, 0.15) is 4.88 Å². The molecule has 1 heterocycles. The van der Waals surface area contributed by atoms with Crippen molar-refractivity contribution in [3.63, 3.8) is 0 Å². The van der Waals surface area contributed by atoms with Crippen LogP contribution < -0.4 is 4.87 Å². The molecule has 8 heteroatoms. The van der Waals surface area contributed by atoms with Gasteiger partial charge in [0.2, 0.25) is 5.88 Å². The summed E-state index contributed by atoms with van der Waals surface area (Å²) in [4.78, 5) is 15.4. The van der Waals surface area contributed by atoms with Crippen LogP contribution in [0.1, 0.15) is 23.8 Å². The Bertz CT molecular complexity index is 747. The first kappa shape index (κ1) is 16.3. The highest BCUT2D eigenvalue weighted by molar-refractivity contribution is 7.11. The fourth-order valence-electron chi connectivity index (χ4n) is 1.81. The third-order valence-corrected chi connectivity index (χ3v) is 3.75. The molecule has 0 aliphatic carbocycles. The first-order valence-corrected chi connectivity index (χ1v) is 7.28. The molecule has 0 radical (unpaired) electrons. The van der Waals surface area contributed by atoms with Gasteiger partial charge in [-0.25, -0.2) is 0 Å². The number of aromatic nitrogens is 1. The maximum atomic E-state index is 12.6. The highest BCUT2D eigenvalue weighted by Crippen LogP contribution is 2.31. The van der Waals surface area contributed by atoms with Crippen molar-refractivity contribution in [3.8, 4) is 5.88 Å². The summed E-state index contributed by atoms with van der Waals surface area (Å²) in [6.45, 7) is 2.23. The smallest absolute Gasteiger partial charge is 0.416 e. The van der Waals surface area contributed by atoms with Gasteiger partial charge in [-0.1, -0.05) is 24.3 Å². The molecule has 22 heavy (non-hydrogen) atoms. The lowest BCUT2D eigenvalue weighted by Gasteiger charge is -2.06. The Kier molecular flexibility index (Phi) is 4.70. The predicted molar refractivity (Wildman–Crippen MR) is 79.2 cm³/mol. The maximum absolute atomic E-state index is 12.6. The average molecular weight is 330 g/mol. The summed E-state index contributed by atoms with van der Waals surface area (Å²) in [5, 5.41) is 9.90. The second kappa shape index (κ2) is 6.35. The van der Waals surface area contributed by atoms with E-state index in [0.29, 0.717) is 13.0 Å². The van der Waals surface area contributed by atoms with Crippen molar-refractivity contribution in [2.24, 2.45) is 4.99 Å². The molecule has 1 aromatic heterocycles. The summed E-state index contributed by atoms with van der Waals surface area (Å²) < 4.78 is 39.0. The number of hydrogen-bond donors (Lipinski definition) is 1. The number of alkyl halides is 3. The van der Waals surface area contributed by atoms with Crippen LogP contribution >= 0.6 is 11.3 Å². The predicted octanol–water partition coefficient (Wildman–Crippen LogP) is 3.79. The summed E-state index contributed by atoms with van der Waals surface area (Å²) in [7, 11) is 0. The number of aromatic hydroxyl groups is 1. The first-order chi connectivity index (χ1) is 10.3. The number of aliphatic imine (C=N–C) groups is 1. The Balaban J connectivity index is 2.30. The quantitative estimate of drug-likeness (QED) is 0.867. The first-order valence-electron chi connectivity index (χ1n) is 6.47. The van der Waals surface area contributed by atoms with Crippen LogP contribution in [0.25, 0.3) is 0 Å². The number of rotatable bonds is 4. The highest BCUT2D eigenvalue weighted by Gasteiger charge is 2.30. The maximum Gasteiger partial charge on any atom is 0.416 e. The number of hydrogen-bond acceptors (Lipinski definition) is 4. The van der Waals surface area contributed by atoms with Crippen molar-refractivity contribution < 1.29 is 18.3 Å². The van der Waals surface area contributed by atoms with E-state index < -0.39 is 11.7 Å². The largest absolute Gasteiger partial charge is 0.493 e. The molecule has 0 amide bonds. The van der Waals surface area contributed by atoms with Crippen molar-refractivity contribution >= 4 is 23.2 Å². The van der Waals surface area contributed by atoms with Gasteiger partial charge in [-0.3, -0.25) is 14.4 Å². The van der Waals surface area contributed by atoms with Crippen molar-refractivity contribution in [3.05, 3.63) is 44.4 Å². The van der Waals surface area contributed by atoms with Crippen LogP contribution in [0.3, 0.4) is 0 Å². The molecule has 2 aromatic rings. The minimum Gasteiger partial charge on any atom is -0.493 e. The number of nitrogens with zero attached hydrogens (tertiary/aromatic N) is 2. The van der Waals surface area contributed by atoms with Crippen LogP contribution in [-0.4, -0.2) is 15.9 Å². The lowest BCUT2D eigenvalue weighted by atomic mass is 10.2. The molecule has 0 bridgehead atoms. The highest BCUT2D eigenvalue weighted by atomic mass is 32.1. The van der Waals surface area contributed by atoms with E-state index in [1.807, 2.05) is 6.92 Å². The summed E-state index contributed by atoms with van der Waals surface area (Å²) >= 11 is 0.796. The molecule has 118 valence electrons. The van der Waals surface area contributed by atoms with E-state index in [0.717, 1.165) is 23.5 Å². The van der Waals surface area contributed by atoms with E-state index >= 15 is 0 Å². The average Bonchev–Trinajstić information content (AvgIpc) is 2.72. The molecule has 0 aliphatic heterocycles. The Labute approximate surface area is 128 Å². The fraction of sp³-hybridized carbons (Fsp3) is 0.286. The van der Waals surface area contributed by atoms with Crippen molar-refractivity contribution in [1.29, 1.82) is 0 Å².